The number of carboxylic acid groups (broad SMARTS) is 1. The van der Waals surface area contributed by atoms with E-state index in [1.54, 1.807) is 12.1 Å². The minimum atomic E-state index is -0.878. The third kappa shape index (κ3) is 5.15. The van der Waals surface area contributed by atoms with Crippen molar-refractivity contribution < 1.29 is 19.0 Å². The molecule has 0 radical (unpaired) electrons. The first kappa shape index (κ1) is 21.6. The van der Waals surface area contributed by atoms with Crippen molar-refractivity contribution in [1.29, 1.82) is 0 Å². The van der Waals surface area contributed by atoms with E-state index in [1.165, 1.54) is 18.7 Å². The Bertz CT molecular complexity index is 930. The number of hydrogen-bond acceptors (Lipinski definition) is 5. The molecule has 0 saturated carbocycles. The monoisotopic (exact) mass is 427 g/mol. The van der Waals surface area contributed by atoms with Gasteiger partial charge in [-0.25, -0.2) is 9.37 Å². The number of hydrogen-bond donors (Lipinski definition) is 2. The number of ether oxygens (including phenoxy) is 1. The van der Waals surface area contributed by atoms with Gasteiger partial charge < -0.3 is 15.2 Å². The van der Waals surface area contributed by atoms with E-state index in [2.05, 4.69) is 22.3 Å². The topological polar surface area (TPSA) is 74.7 Å². The fourth-order valence-electron chi connectivity index (χ4n) is 4.64. The van der Waals surface area contributed by atoms with Crippen molar-refractivity contribution in [2.24, 2.45) is 5.92 Å². The largest absolute Gasteiger partial charge is 0.494 e. The number of aliphatic carboxylic acids is 1. The van der Waals surface area contributed by atoms with Gasteiger partial charge in [0.1, 0.15) is 5.82 Å². The summed E-state index contributed by atoms with van der Waals surface area (Å²) in [4.78, 5) is 18.3. The van der Waals surface area contributed by atoms with Gasteiger partial charge in [0.15, 0.2) is 11.6 Å². The molecule has 1 aromatic heterocycles. The van der Waals surface area contributed by atoms with Gasteiger partial charge in [-0.3, -0.25) is 9.69 Å². The van der Waals surface area contributed by atoms with Crippen LogP contribution in [0.3, 0.4) is 0 Å². The summed E-state index contributed by atoms with van der Waals surface area (Å²) >= 11 is 0. The zero-order chi connectivity index (χ0) is 21.8. The third-order valence-corrected chi connectivity index (χ3v) is 6.35. The fourth-order valence-corrected chi connectivity index (χ4v) is 4.64. The number of halogens is 1. The SMILES string of the molecule is COc1ccc([C@H](CC(=O)O)N2CC(CCCc3ccc4c(n3)NCCC4)C2)cc1F. The lowest BCUT2D eigenvalue weighted by atomic mass is 9.89. The Hall–Kier alpha value is -2.67. The van der Waals surface area contributed by atoms with Crippen molar-refractivity contribution in [3.05, 3.63) is 53.0 Å². The molecule has 3 heterocycles. The van der Waals surface area contributed by atoms with Crippen molar-refractivity contribution >= 4 is 11.8 Å². The Morgan fingerprint density at radius 3 is 2.94 bits per heavy atom. The summed E-state index contributed by atoms with van der Waals surface area (Å²) in [5, 5.41) is 12.7. The van der Waals surface area contributed by atoms with E-state index in [-0.39, 0.29) is 18.2 Å². The van der Waals surface area contributed by atoms with E-state index < -0.39 is 11.8 Å². The molecule has 6 nitrogen and oxygen atoms in total. The number of aromatic nitrogens is 1. The molecule has 2 aromatic rings. The van der Waals surface area contributed by atoms with E-state index in [4.69, 9.17) is 9.72 Å². The summed E-state index contributed by atoms with van der Waals surface area (Å²) in [6, 6.07) is 8.74. The molecular formula is C24H30FN3O3. The van der Waals surface area contributed by atoms with Crippen molar-refractivity contribution in [1.82, 2.24) is 9.88 Å². The van der Waals surface area contributed by atoms with E-state index in [0.717, 1.165) is 63.3 Å². The first-order chi connectivity index (χ1) is 15.0. The van der Waals surface area contributed by atoms with Crippen molar-refractivity contribution in [2.45, 2.75) is 44.6 Å². The predicted molar refractivity (Wildman–Crippen MR) is 117 cm³/mol. The molecule has 2 aliphatic heterocycles. The Morgan fingerprint density at radius 1 is 1.35 bits per heavy atom. The first-order valence-corrected chi connectivity index (χ1v) is 11.1. The molecule has 1 aromatic carbocycles. The van der Waals surface area contributed by atoms with E-state index >= 15 is 0 Å². The number of methoxy groups -OCH3 is 1. The molecule has 0 amide bonds. The fraction of sp³-hybridized carbons (Fsp3) is 0.500. The van der Waals surface area contributed by atoms with Crippen LogP contribution in [0.4, 0.5) is 10.2 Å². The maximum absolute atomic E-state index is 14.1. The Morgan fingerprint density at radius 2 is 2.19 bits per heavy atom. The maximum Gasteiger partial charge on any atom is 0.305 e. The molecule has 31 heavy (non-hydrogen) atoms. The molecule has 1 saturated heterocycles. The van der Waals surface area contributed by atoms with Gasteiger partial charge >= 0.3 is 5.97 Å². The lowest BCUT2D eigenvalue weighted by Crippen LogP contribution is -2.48. The van der Waals surface area contributed by atoms with E-state index in [1.807, 2.05) is 0 Å². The summed E-state index contributed by atoms with van der Waals surface area (Å²) in [6.45, 7) is 2.67. The number of anilines is 1. The second-order valence-corrected chi connectivity index (χ2v) is 8.56. The quantitative estimate of drug-likeness (QED) is 0.629. The van der Waals surface area contributed by atoms with Crippen LogP contribution in [-0.2, 0) is 17.6 Å². The van der Waals surface area contributed by atoms with Crippen LogP contribution in [0.1, 0.15) is 48.5 Å². The van der Waals surface area contributed by atoms with Crippen LogP contribution in [0.5, 0.6) is 5.75 Å². The predicted octanol–water partition coefficient (Wildman–Crippen LogP) is 4.06. The van der Waals surface area contributed by atoms with Crippen molar-refractivity contribution in [3.63, 3.8) is 0 Å². The molecule has 4 rings (SSSR count). The molecule has 166 valence electrons. The summed E-state index contributed by atoms with van der Waals surface area (Å²) in [7, 11) is 1.42. The standard InChI is InChI=1S/C24H30FN3O3/c1-31-22-10-8-18(12-20(22)25)21(13-23(29)30)28-14-16(15-28)4-2-6-19-9-7-17-5-3-11-26-24(17)27-19/h7-10,12,16,21H,2-6,11,13-15H2,1H3,(H,26,27)(H,29,30)/t21-/m0/s1. The van der Waals surface area contributed by atoms with Crippen LogP contribution >= 0.6 is 0 Å². The van der Waals surface area contributed by atoms with E-state index in [0.29, 0.717) is 11.5 Å². The van der Waals surface area contributed by atoms with Gasteiger partial charge in [0.2, 0.25) is 0 Å². The highest BCUT2D eigenvalue weighted by Crippen LogP contribution is 2.35. The number of nitrogens with zero attached hydrogens (tertiary/aromatic N) is 2. The average molecular weight is 428 g/mol. The molecular weight excluding hydrogens is 397 g/mol. The number of fused-ring (bicyclic) bond motifs is 1. The highest BCUT2D eigenvalue weighted by Gasteiger charge is 2.34. The van der Waals surface area contributed by atoms with Gasteiger partial charge in [-0.1, -0.05) is 12.1 Å². The zero-order valence-corrected chi connectivity index (χ0v) is 17.9. The molecule has 1 fully saturated rings. The minimum absolute atomic E-state index is 0.0372. The smallest absolute Gasteiger partial charge is 0.305 e. The van der Waals surface area contributed by atoms with Crippen molar-refractivity contribution in [3.8, 4) is 5.75 Å². The number of rotatable bonds is 9. The second kappa shape index (κ2) is 9.64. The summed E-state index contributed by atoms with van der Waals surface area (Å²) in [5.74, 6) is 0.415. The lowest BCUT2D eigenvalue weighted by molar-refractivity contribution is -0.139. The Kier molecular flexibility index (Phi) is 6.70. The Balaban J connectivity index is 1.29. The molecule has 0 spiro atoms. The molecule has 1 atom stereocenters. The number of nitrogens with one attached hydrogen (secondary N) is 1. The number of aryl methyl sites for hydroxylation is 2. The molecule has 2 N–H and O–H groups in total. The van der Waals surface area contributed by atoms with Gasteiger partial charge in [-0.2, -0.15) is 0 Å². The number of carbonyl (C=O) groups is 1. The molecule has 2 aliphatic rings. The molecule has 0 bridgehead atoms. The van der Waals surface area contributed by atoms with Gasteiger partial charge in [0.05, 0.1) is 13.5 Å². The highest BCUT2D eigenvalue weighted by atomic mass is 19.1. The normalized spacial score (nSPS) is 17.4. The zero-order valence-electron chi connectivity index (χ0n) is 17.9. The second-order valence-electron chi connectivity index (χ2n) is 8.56. The number of carboxylic acids is 1. The number of benzene rings is 1. The summed E-state index contributed by atoms with van der Waals surface area (Å²) in [5.41, 5.74) is 3.12. The van der Waals surface area contributed by atoms with Crippen LogP contribution in [0.25, 0.3) is 0 Å². The van der Waals surface area contributed by atoms with Crippen LogP contribution < -0.4 is 10.1 Å². The summed E-state index contributed by atoms with van der Waals surface area (Å²) < 4.78 is 19.1. The average Bonchev–Trinajstić information content (AvgIpc) is 2.73. The van der Waals surface area contributed by atoms with E-state index in [9.17, 15) is 14.3 Å². The molecule has 7 heteroatoms. The van der Waals surface area contributed by atoms with Gasteiger partial charge in [-0.05, 0) is 67.3 Å². The molecule has 0 aliphatic carbocycles. The van der Waals surface area contributed by atoms with Crippen LogP contribution in [0.2, 0.25) is 0 Å². The van der Waals surface area contributed by atoms with Crippen LogP contribution in [0, 0.1) is 11.7 Å². The van der Waals surface area contributed by atoms with Gasteiger partial charge in [0, 0.05) is 31.4 Å². The van der Waals surface area contributed by atoms with Gasteiger partial charge in [-0.15, -0.1) is 0 Å². The first-order valence-electron chi connectivity index (χ1n) is 11.1. The molecule has 0 unspecified atom stereocenters. The lowest BCUT2D eigenvalue weighted by Gasteiger charge is -2.44. The van der Waals surface area contributed by atoms with Crippen LogP contribution in [0.15, 0.2) is 30.3 Å². The highest BCUT2D eigenvalue weighted by molar-refractivity contribution is 5.68. The third-order valence-electron chi connectivity index (χ3n) is 6.35. The summed E-state index contributed by atoms with van der Waals surface area (Å²) in [6.07, 6.45) is 5.32. The minimum Gasteiger partial charge on any atom is -0.494 e. The maximum atomic E-state index is 14.1. The van der Waals surface area contributed by atoms with Gasteiger partial charge in [0.25, 0.3) is 0 Å². The van der Waals surface area contributed by atoms with Crippen LogP contribution in [-0.4, -0.2) is 47.7 Å². The number of pyridine rings is 1. The number of likely N-dealkylation sites (tertiary alicyclic amines) is 1. The Labute approximate surface area is 182 Å². The van der Waals surface area contributed by atoms with Crippen molar-refractivity contribution in [2.75, 3.05) is 32.1 Å².